The van der Waals surface area contributed by atoms with Crippen molar-refractivity contribution in [2.75, 3.05) is 12.4 Å². The molecule has 3 rings (SSSR count). The number of nitrogens with one attached hydrogen (secondary N) is 2. The van der Waals surface area contributed by atoms with Crippen molar-refractivity contribution in [1.29, 1.82) is 0 Å². The van der Waals surface area contributed by atoms with E-state index in [4.69, 9.17) is 0 Å². The van der Waals surface area contributed by atoms with Crippen molar-refractivity contribution in [1.82, 2.24) is 19.7 Å². The van der Waals surface area contributed by atoms with Crippen LogP contribution in [0.3, 0.4) is 0 Å². The van der Waals surface area contributed by atoms with Crippen molar-refractivity contribution in [3.05, 3.63) is 18.5 Å². The van der Waals surface area contributed by atoms with Crippen LogP contribution in [0.1, 0.15) is 0 Å². The molecule has 5 heteroatoms. The van der Waals surface area contributed by atoms with Crippen LogP contribution in [-0.4, -0.2) is 26.8 Å². The number of rotatable bonds is 1. The van der Waals surface area contributed by atoms with Gasteiger partial charge >= 0.3 is 0 Å². The molecule has 2 N–H and O–H groups in total. The standard InChI is InChI=1S/C10H11N5/c1-11-9-7-5-13-10-6(3-4-12-10)8(7)15(2)14-9/h3-5,11,14H,1-2H3. The van der Waals surface area contributed by atoms with Crippen molar-refractivity contribution in [2.24, 2.45) is 7.05 Å². The van der Waals surface area contributed by atoms with Crippen LogP contribution in [0.4, 0.5) is 5.82 Å². The summed E-state index contributed by atoms with van der Waals surface area (Å²) in [6.45, 7) is 0. The summed E-state index contributed by atoms with van der Waals surface area (Å²) in [5.74, 6) is 0.975. The van der Waals surface area contributed by atoms with E-state index in [1.54, 1.807) is 6.20 Å². The van der Waals surface area contributed by atoms with Gasteiger partial charge in [-0.3, -0.25) is 9.78 Å². The zero-order chi connectivity index (χ0) is 10.4. The van der Waals surface area contributed by atoms with Crippen LogP contribution in [-0.2, 0) is 7.05 Å². The Morgan fingerprint density at radius 3 is 3.00 bits per heavy atom. The van der Waals surface area contributed by atoms with Gasteiger partial charge in [0.1, 0.15) is 5.82 Å². The van der Waals surface area contributed by atoms with Gasteiger partial charge < -0.3 is 5.32 Å². The highest BCUT2D eigenvalue weighted by Gasteiger charge is 2.10. The Labute approximate surface area is 86.1 Å². The molecule has 3 heterocycles. The van der Waals surface area contributed by atoms with Gasteiger partial charge in [0.05, 0.1) is 10.9 Å². The van der Waals surface area contributed by atoms with E-state index in [0.717, 1.165) is 27.8 Å². The van der Waals surface area contributed by atoms with Crippen LogP contribution in [0.15, 0.2) is 18.5 Å². The normalized spacial score (nSPS) is 11.3. The molecule has 76 valence electrons. The number of pyridine rings is 1. The van der Waals surface area contributed by atoms with Crippen LogP contribution >= 0.6 is 0 Å². The molecule has 3 aromatic rings. The number of aromatic amines is 1. The second-order valence-corrected chi connectivity index (χ2v) is 3.50. The van der Waals surface area contributed by atoms with Crippen molar-refractivity contribution in [2.45, 2.75) is 0 Å². The number of anilines is 1. The van der Waals surface area contributed by atoms with E-state index in [2.05, 4.69) is 20.4 Å². The third-order valence-corrected chi connectivity index (χ3v) is 2.64. The van der Waals surface area contributed by atoms with Crippen LogP contribution in [0, 0.1) is 0 Å². The van der Waals surface area contributed by atoms with Gasteiger partial charge in [-0.15, -0.1) is 0 Å². The van der Waals surface area contributed by atoms with E-state index in [0.29, 0.717) is 0 Å². The Morgan fingerprint density at radius 2 is 2.20 bits per heavy atom. The van der Waals surface area contributed by atoms with E-state index >= 15 is 0 Å². The maximum atomic E-state index is 4.31. The summed E-state index contributed by atoms with van der Waals surface area (Å²) in [4.78, 5) is 8.49. The molecule has 0 saturated carbocycles. The Bertz CT molecular complexity index is 634. The summed E-state index contributed by atoms with van der Waals surface area (Å²) in [5.41, 5.74) is 1.92. The SMILES string of the molecule is CNc1[nH]n(C)c2c1cnc1nccc12. The van der Waals surface area contributed by atoms with Crippen LogP contribution in [0.5, 0.6) is 0 Å². The molecule has 0 bridgehead atoms. The lowest BCUT2D eigenvalue weighted by Gasteiger charge is -1.95. The summed E-state index contributed by atoms with van der Waals surface area (Å²) in [5, 5.41) is 8.49. The first-order valence-electron chi connectivity index (χ1n) is 4.77. The monoisotopic (exact) mass is 201 g/mol. The number of fused-ring (bicyclic) bond motifs is 3. The van der Waals surface area contributed by atoms with E-state index in [1.165, 1.54) is 0 Å². The van der Waals surface area contributed by atoms with Crippen molar-refractivity contribution in [3.63, 3.8) is 0 Å². The van der Waals surface area contributed by atoms with Gasteiger partial charge in [0.2, 0.25) is 0 Å². The fraction of sp³-hybridized carbons (Fsp3) is 0.200. The van der Waals surface area contributed by atoms with Crippen LogP contribution in [0.2, 0.25) is 0 Å². The topological polar surface area (TPSA) is 58.5 Å². The van der Waals surface area contributed by atoms with Gasteiger partial charge in [0.15, 0.2) is 5.65 Å². The van der Waals surface area contributed by atoms with Crippen molar-refractivity contribution >= 4 is 27.8 Å². The largest absolute Gasteiger partial charge is 0.373 e. The summed E-state index contributed by atoms with van der Waals surface area (Å²) in [7, 11) is 3.87. The fourth-order valence-corrected chi connectivity index (χ4v) is 1.96. The number of H-pyrrole nitrogens is 1. The van der Waals surface area contributed by atoms with Crippen molar-refractivity contribution in [3.8, 4) is 0 Å². The molecule has 5 nitrogen and oxygen atoms in total. The van der Waals surface area contributed by atoms with E-state index in [-0.39, 0.29) is 0 Å². The average Bonchev–Trinajstić information content (AvgIpc) is 2.81. The summed E-state index contributed by atoms with van der Waals surface area (Å²) in [6, 6.07) is 1.98. The lowest BCUT2D eigenvalue weighted by Crippen LogP contribution is -1.92. The number of aryl methyl sites for hydroxylation is 1. The third kappa shape index (κ3) is 0.971. The minimum Gasteiger partial charge on any atom is -0.373 e. The average molecular weight is 201 g/mol. The molecule has 0 aliphatic heterocycles. The summed E-state index contributed by atoms with van der Waals surface area (Å²) in [6.07, 6.45) is 3.62. The molecule has 0 aromatic carbocycles. The van der Waals surface area contributed by atoms with Crippen LogP contribution in [0.25, 0.3) is 21.9 Å². The minimum absolute atomic E-state index is 0.791. The maximum absolute atomic E-state index is 4.31. The lowest BCUT2D eigenvalue weighted by atomic mass is 10.2. The molecule has 0 unspecified atom stereocenters. The molecule has 0 saturated heterocycles. The predicted octanol–water partition coefficient (Wildman–Crippen LogP) is 1.49. The first kappa shape index (κ1) is 8.28. The van der Waals surface area contributed by atoms with Gasteiger partial charge in [-0.25, -0.2) is 9.97 Å². The molecular formula is C10H11N5. The van der Waals surface area contributed by atoms with Gasteiger partial charge in [0, 0.05) is 31.9 Å². The first-order valence-corrected chi connectivity index (χ1v) is 4.77. The van der Waals surface area contributed by atoms with Gasteiger partial charge in [0.25, 0.3) is 0 Å². The molecule has 0 amide bonds. The summed E-state index contributed by atoms with van der Waals surface area (Å²) >= 11 is 0. The Balaban J connectivity index is 2.57. The second kappa shape index (κ2) is 2.73. The molecule has 0 aliphatic rings. The third-order valence-electron chi connectivity index (χ3n) is 2.64. The molecule has 0 fully saturated rings. The van der Waals surface area contributed by atoms with Gasteiger partial charge in [-0.1, -0.05) is 0 Å². The first-order chi connectivity index (χ1) is 7.31. The summed E-state index contributed by atoms with van der Waals surface area (Å²) < 4.78 is 1.98. The quantitative estimate of drug-likeness (QED) is 0.627. The number of aromatic nitrogens is 4. The molecule has 0 spiro atoms. The van der Waals surface area contributed by atoms with E-state index in [9.17, 15) is 0 Å². The van der Waals surface area contributed by atoms with Gasteiger partial charge in [-0.2, -0.15) is 0 Å². The Morgan fingerprint density at radius 1 is 1.33 bits per heavy atom. The fourth-order valence-electron chi connectivity index (χ4n) is 1.96. The van der Waals surface area contributed by atoms with Gasteiger partial charge in [-0.05, 0) is 6.07 Å². The molecule has 0 atom stereocenters. The van der Waals surface area contributed by atoms with Crippen LogP contribution < -0.4 is 5.32 Å². The number of nitrogens with zero attached hydrogens (tertiary/aromatic N) is 3. The molecular weight excluding hydrogens is 190 g/mol. The van der Waals surface area contributed by atoms with E-state index < -0.39 is 0 Å². The second-order valence-electron chi connectivity index (χ2n) is 3.50. The number of hydrogen-bond donors (Lipinski definition) is 2. The van der Waals surface area contributed by atoms with Crippen molar-refractivity contribution < 1.29 is 0 Å². The van der Waals surface area contributed by atoms with E-state index in [1.807, 2.05) is 31.0 Å². The Kier molecular flexibility index (Phi) is 1.50. The lowest BCUT2D eigenvalue weighted by molar-refractivity contribution is 0.802. The zero-order valence-corrected chi connectivity index (χ0v) is 8.57. The highest BCUT2D eigenvalue weighted by atomic mass is 15.3. The molecule has 0 radical (unpaired) electrons. The number of hydrogen-bond acceptors (Lipinski definition) is 3. The molecule has 15 heavy (non-hydrogen) atoms. The smallest absolute Gasteiger partial charge is 0.161 e. The highest BCUT2D eigenvalue weighted by Crippen LogP contribution is 2.27. The Hall–Kier alpha value is -2.04. The maximum Gasteiger partial charge on any atom is 0.161 e. The predicted molar refractivity (Wildman–Crippen MR) is 59.9 cm³/mol. The molecule has 0 aliphatic carbocycles. The molecule has 3 aromatic heterocycles. The zero-order valence-electron chi connectivity index (χ0n) is 8.57. The highest BCUT2D eigenvalue weighted by molar-refractivity contribution is 6.06. The minimum atomic E-state index is 0.791.